The van der Waals surface area contributed by atoms with E-state index >= 15 is 0 Å². The first-order valence-electron chi connectivity index (χ1n) is 4.73. The minimum Gasteiger partial charge on any atom is -0.0599 e. The molecule has 0 bridgehead atoms. The van der Waals surface area contributed by atoms with Crippen molar-refractivity contribution in [3.05, 3.63) is 59.0 Å². The maximum Gasteiger partial charge on any atom is 0.163 e. The lowest BCUT2D eigenvalue weighted by Crippen LogP contribution is -2.25. The topological polar surface area (TPSA) is 0 Å². The molecule has 0 aromatic heterocycles. The number of hydrogen-bond donors (Lipinski definition) is 0. The highest BCUT2D eigenvalue weighted by atomic mass is 14.0. The van der Waals surface area contributed by atoms with Crippen molar-refractivity contribution in [2.24, 2.45) is 0 Å². The van der Waals surface area contributed by atoms with Crippen molar-refractivity contribution in [3.63, 3.8) is 0 Å². The van der Waals surface area contributed by atoms with E-state index in [4.69, 9.17) is 0 Å². The number of benzene rings is 2. The van der Waals surface area contributed by atoms with E-state index in [9.17, 15) is 0 Å². The van der Waals surface area contributed by atoms with Gasteiger partial charge in [0.05, 0.1) is 16.7 Å². The summed E-state index contributed by atoms with van der Waals surface area (Å²) in [5, 5.41) is 5.03. The van der Waals surface area contributed by atoms with Crippen molar-refractivity contribution in [1.29, 1.82) is 0 Å². The van der Waals surface area contributed by atoms with Crippen molar-refractivity contribution in [2.45, 2.75) is 0 Å². The molecule has 0 unspecified atom stereocenters. The Morgan fingerprint density at radius 1 is 0.929 bits per heavy atom. The SMILES string of the molecule is [C+]1=c2c(ccc3ccccc23)=CC=C1. The lowest BCUT2D eigenvalue weighted by Gasteiger charge is -1.93. The van der Waals surface area contributed by atoms with Crippen molar-refractivity contribution in [2.75, 3.05) is 0 Å². The molecule has 0 heteroatoms. The third-order valence-electron chi connectivity index (χ3n) is 2.56. The monoisotopic (exact) mass is 177 g/mol. The second kappa shape index (κ2) is 2.80. The van der Waals surface area contributed by atoms with E-state index in [0.717, 1.165) is 0 Å². The van der Waals surface area contributed by atoms with Crippen LogP contribution < -0.4 is 10.4 Å². The minimum atomic E-state index is 1.21. The lowest BCUT2D eigenvalue weighted by molar-refractivity contribution is 1.57. The Bertz CT molecular complexity index is 631. The molecule has 0 heterocycles. The highest BCUT2D eigenvalue weighted by molar-refractivity contribution is 5.85. The average Bonchev–Trinajstić information content (AvgIpc) is 2.29. The first kappa shape index (κ1) is 7.49. The van der Waals surface area contributed by atoms with Gasteiger partial charge in [0.2, 0.25) is 0 Å². The fourth-order valence-electron chi connectivity index (χ4n) is 1.87. The van der Waals surface area contributed by atoms with E-state index < -0.39 is 0 Å². The van der Waals surface area contributed by atoms with Gasteiger partial charge in [0.25, 0.3) is 0 Å². The van der Waals surface area contributed by atoms with E-state index in [1.54, 1.807) is 0 Å². The molecule has 0 amide bonds. The molecule has 0 aliphatic heterocycles. The molecule has 3 rings (SSSR count). The number of hydrogen-bond acceptors (Lipinski definition) is 0. The summed E-state index contributed by atoms with van der Waals surface area (Å²) in [6.45, 7) is 0. The molecule has 0 spiro atoms. The van der Waals surface area contributed by atoms with Crippen molar-refractivity contribution < 1.29 is 0 Å². The molecule has 2 aromatic carbocycles. The predicted octanol–water partition coefficient (Wildman–Crippen LogP) is 1.85. The van der Waals surface area contributed by atoms with Crippen LogP contribution in [0.4, 0.5) is 0 Å². The molecule has 0 atom stereocenters. The molecule has 1 aliphatic rings. The van der Waals surface area contributed by atoms with E-state index in [-0.39, 0.29) is 0 Å². The maximum atomic E-state index is 3.29. The molecule has 0 N–H and O–H groups in total. The summed E-state index contributed by atoms with van der Waals surface area (Å²) in [5.41, 5.74) is 0. The van der Waals surface area contributed by atoms with Crippen LogP contribution >= 0.6 is 0 Å². The Balaban J connectivity index is 2.63. The Hall–Kier alpha value is -1.91. The van der Waals surface area contributed by atoms with Crippen molar-refractivity contribution >= 4 is 22.9 Å². The predicted molar refractivity (Wildman–Crippen MR) is 60.2 cm³/mol. The first-order chi connectivity index (χ1) is 6.95. The fourth-order valence-corrected chi connectivity index (χ4v) is 1.87. The summed E-state index contributed by atoms with van der Waals surface area (Å²) in [6.07, 6.45) is 9.41. The van der Waals surface area contributed by atoms with Crippen LogP contribution in [0.25, 0.3) is 22.9 Å². The Morgan fingerprint density at radius 3 is 2.86 bits per heavy atom. The summed E-state index contributed by atoms with van der Waals surface area (Å²) in [4.78, 5) is 0. The smallest absolute Gasteiger partial charge is 0.0599 e. The van der Waals surface area contributed by atoms with Gasteiger partial charge in [0, 0.05) is 23.6 Å². The van der Waals surface area contributed by atoms with Gasteiger partial charge in [0.1, 0.15) is 0 Å². The zero-order valence-electron chi connectivity index (χ0n) is 7.70. The van der Waals surface area contributed by atoms with Gasteiger partial charge < -0.3 is 0 Å². The van der Waals surface area contributed by atoms with Gasteiger partial charge in [-0.3, -0.25) is 0 Å². The number of fused-ring (bicyclic) bond motifs is 3. The molecule has 0 nitrogen and oxygen atoms in total. The second-order valence-electron chi connectivity index (χ2n) is 3.42. The molecule has 64 valence electrons. The maximum absolute atomic E-state index is 3.29. The van der Waals surface area contributed by atoms with E-state index in [1.807, 2.05) is 12.2 Å². The summed E-state index contributed by atoms with van der Waals surface area (Å²) in [5.74, 6) is 0. The first-order valence-corrected chi connectivity index (χ1v) is 4.73. The summed E-state index contributed by atoms with van der Waals surface area (Å²) < 4.78 is 0. The van der Waals surface area contributed by atoms with Gasteiger partial charge in [-0.15, -0.1) is 0 Å². The van der Waals surface area contributed by atoms with Crippen LogP contribution in [0.5, 0.6) is 0 Å². The normalized spacial score (nSPS) is 12.6. The highest BCUT2D eigenvalue weighted by Crippen LogP contribution is 2.06. The summed E-state index contributed by atoms with van der Waals surface area (Å²) in [6, 6.07) is 12.7. The molecule has 1 aliphatic carbocycles. The molecular weight excluding hydrogens is 168 g/mol. The van der Waals surface area contributed by atoms with Gasteiger partial charge in [-0.25, -0.2) is 0 Å². The van der Waals surface area contributed by atoms with Crippen LogP contribution in [0.2, 0.25) is 0 Å². The molecule has 0 fully saturated rings. The largest absolute Gasteiger partial charge is 0.163 e. The molecule has 0 saturated heterocycles. The number of allylic oxidation sites excluding steroid dienone is 2. The standard InChI is InChI=1S/C14H9/c1-3-7-13-11(5-1)9-10-12-6-2-4-8-14(12)13/h1-7,9-10H/q+1. The van der Waals surface area contributed by atoms with Crippen molar-refractivity contribution in [3.8, 4) is 0 Å². The van der Waals surface area contributed by atoms with Crippen LogP contribution in [0.3, 0.4) is 0 Å². The molecule has 0 saturated carbocycles. The Labute approximate surface area is 82.5 Å². The summed E-state index contributed by atoms with van der Waals surface area (Å²) >= 11 is 0. The van der Waals surface area contributed by atoms with E-state index in [2.05, 4.69) is 48.6 Å². The third kappa shape index (κ3) is 0.985. The Kier molecular flexibility index (Phi) is 1.50. The zero-order chi connectivity index (χ0) is 9.38. The Morgan fingerprint density at radius 2 is 1.86 bits per heavy atom. The van der Waals surface area contributed by atoms with Gasteiger partial charge >= 0.3 is 0 Å². The van der Waals surface area contributed by atoms with Crippen LogP contribution in [0.15, 0.2) is 48.6 Å². The van der Waals surface area contributed by atoms with Crippen LogP contribution in [0.1, 0.15) is 0 Å². The molecular formula is C14H9+. The molecule has 2 aromatic rings. The van der Waals surface area contributed by atoms with E-state index in [1.165, 1.54) is 21.2 Å². The number of rotatable bonds is 0. The van der Waals surface area contributed by atoms with Gasteiger partial charge in [-0.1, -0.05) is 12.1 Å². The van der Waals surface area contributed by atoms with E-state index in [0.29, 0.717) is 0 Å². The van der Waals surface area contributed by atoms with Crippen LogP contribution in [-0.4, -0.2) is 0 Å². The van der Waals surface area contributed by atoms with Crippen molar-refractivity contribution in [1.82, 2.24) is 0 Å². The van der Waals surface area contributed by atoms with Crippen LogP contribution in [-0.2, 0) is 0 Å². The van der Waals surface area contributed by atoms with Crippen LogP contribution in [0, 0.1) is 0 Å². The average molecular weight is 177 g/mol. The highest BCUT2D eigenvalue weighted by Gasteiger charge is 2.03. The molecule has 14 heavy (non-hydrogen) atoms. The van der Waals surface area contributed by atoms with Gasteiger partial charge in [0.15, 0.2) is 5.22 Å². The second-order valence-corrected chi connectivity index (χ2v) is 3.42. The lowest BCUT2D eigenvalue weighted by atomic mass is 10.0. The fraction of sp³-hybridized carbons (Fsp3) is 0. The zero-order valence-corrected chi connectivity index (χ0v) is 7.70. The third-order valence-corrected chi connectivity index (χ3v) is 2.56. The van der Waals surface area contributed by atoms with Gasteiger partial charge in [-0.2, -0.15) is 0 Å². The van der Waals surface area contributed by atoms with Gasteiger partial charge in [-0.05, 0) is 24.3 Å². The minimum absolute atomic E-state index is 1.21. The molecule has 0 radical (unpaired) electrons. The quantitative estimate of drug-likeness (QED) is 0.539. The summed E-state index contributed by atoms with van der Waals surface area (Å²) in [7, 11) is 0.